The summed E-state index contributed by atoms with van der Waals surface area (Å²) in [5.74, 6) is 0.647. The van der Waals surface area contributed by atoms with E-state index in [0.717, 1.165) is 22.4 Å². The van der Waals surface area contributed by atoms with E-state index in [-0.39, 0.29) is 6.04 Å². The number of aryl methyl sites for hydroxylation is 1. The minimum atomic E-state index is -0.574. The molecule has 0 aliphatic heterocycles. The van der Waals surface area contributed by atoms with Gasteiger partial charge in [-0.05, 0) is 44.9 Å². The fourth-order valence-electron chi connectivity index (χ4n) is 2.96. The van der Waals surface area contributed by atoms with Gasteiger partial charge >= 0.3 is 6.09 Å². The first-order valence-electron chi connectivity index (χ1n) is 10.1. The standard InChI is InChI=1S/C24H27ClN4O2/c1-16-10-11-18(12-19(16)25)20-13-22(28-15-27-20)26-14-21(17-8-6-5-7-9-17)29-23(30)31-24(2,3)4/h5-13,15,21H,14H2,1-4H3,(H,29,30)(H,26,27,28)/t21-/m0/s1. The Morgan fingerprint density at radius 3 is 2.52 bits per heavy atom. The number of halogens is 1. The molecule has 2 N–H and O–H groups in total. The zero-order valence-corrected chi connectivity index (χ0v) is 18.9. The Balaban J connectivity index is 1.75. The molecular formula is C24H27ClN4O2. The maximum Gasteiger partial charge on any atom is 0.408 e. The Kier molecular flexibility index (Phi) is 7.13. The van der Waals surface area contributed by atoms with E-state index in [9.17, 15) is 4.79 Å². The molecule has 31 heavy (non-hydrogen) atoms. The molecule has 0 radical (unpaired) electrons. The zero-order chi connectivity index (χ0) is 22.4. The van der Waals surface area contributed by atoms with Gasteiger partial charge < -0.3 is 15.4 Å². The highest BCUT2D eigenvalue weighted by molar-refractivity contribution is 6.31. The zero-order valence-electron chi connectivity index (χ0n) is 18.1. The molecule has 1 amide bonds. The van der Waals surface area contributed by atoms with Gasteiger partial charge in [0.1, 0.15) is 17.7 Å². The lowest BCUT2D eigenvalue weighted by Crippen LogP contribution is -2.37. The van der Waals surface area contributed by atoms with Gasteiger partial charge in [-0.3, -0.25) is 0 Å². The lowest BCUT2D eigenvalue weighted by molar-refractivity contribution is 0.0506. The number of nitrogens with zero attached hydrogens (tertiary/aromatic N) is 2. The van der Waals surface area contributed by atoms with Gasteiger partial charge in [0.25, 0.3) is 0 Å². The molecular weight excluding hydrogens is 412 g/mol. The molecule has 3 aromatic rings. The number of nitrogens with one attached hydrogen (secondary N) is 2. The summed E-state index contributed by atoms with van der Waals surface area (Å²) in [7, 11) is 0. The van der Waals surface area contributed by atoms with E-state index in [0.29, 0.717) is 17.4 Å². The summed E-state index contributed by atoms with van der Waals surface area (Å²) in [6.07, 6.45) is 1.03. The van der Waals surface area contributed by atoms with Gasteiger partial charge in [0, 0.05) is 23.2 Å². The average molecular weight is 439 g/mol. The number of ether oxygens (including phenoxy) is 1. The van der Waals surface area contributed by atoms with Crippen molar-refractivity contribution in [3.8, 4) is 11.3 Å². The molecule has 1 atom stereocenters. The van der Waals surface area contributed by atoms with Crippen LogP contribution in [0.5, 0.6) is 0 Å². The Labute approximate surface area is 188 Å². The summed E-state index contributed by atoms with van der Waals surface area (Å²) < 4.78 is 5.42. The summed E-state index contributed by atoms with van der Waals surface area (Å²) in [5.41, 5.74) is 3.07. The van der Waals surface area contributed by atoms with Gasteiger partial charge in [0.05, 0.1) is 11.7 Å². The molecule has 2 aromatic carbocycles. The molecule has 3 rings (SSSR count). The second kappa shape index (κ2) is 9.79. The van der Waals surface area contributed by atoms with Gasteiger partial charge in [0.15, 0.2) is 0 Å². The molecule has 7 heteroatoms. The molecule has 0 unspecified atom stereocenters. The minimum Gasteiger partial charge on any atom is -0.444 e. The lowest BCUT2D eigenvalue weighted by Gasteiger charge is -2.24. The van der Waals surface area contributed by atoms with Crippen LogP contribution in [-0.4, -0.2) is 28.2 Å². The van der Waals surface area contributed by atoms with Crippen LogP contribution in [0.1, 0.15) is 37.9 Å². The van der Waals surface area contributed by atoms with E-state index in [1.807, 2.05) is 82.3 Å². The maximum absolute atomic E-state index is 12.4. The van der Waals surface area contributed by atoms with Crippen LogP contribution in [0.25, 0.3) is 11.3 Å². The Morgan fingerprint density at radius 2 is 1.84 bits per heavy atom. The van der Waals surface area contributed by atoms with Crippen molar-refractivity contribution in [2.45, 2.75) is 39.3 Å². The summed E-state index contributed by atoms with van der Waals surface area (Å²) >= 11 is 6.26. The van der Waals surface area contributed by atoms with Crippen LogP contribution in [0.15, 0.2) is 60.9 Å². The predicted octanol–water partition coefficient (Wildman–Crippen LogP) is 5.78. The first kappa shape index (κ1) is 22.6. The first-order valence-corrected chi connectivity index (χ1v) is 10.5. The smallest absolute Gasteiger partial charge is 0.408 e. The Bertz CT molecular complexity index is 1040. The third-order valence-electron chi connectivity index (χ3n) is 4.51. The second-order valence-corrected chi connectivity index (χ2v) is 8.65. The molecule has 0 spiro atoms. The van der Waals surface area contributed by atoms with Gasteiger partial charge in [-0.2, -0.15) is 0 Å². The number of hydrogen-bond acceptors (Lipinski definition) is 5. The molecule has 0 saturated heterocycles. The fourth-order valence-corrected chi connectivity index (χ4v) is 3.14. The monoisotopic (exact) mass is 438 g/mol. The Hall–Kier alpha value is -3.12. The van der Waals surface area contributed by atoms with Gasteiger partial charge in [0.2, 0.25) is 0 Å². The maximum atomic E-state index is 12.4. The summed E-state index contributed by atoms with van der Waals surface area (Å²) in [6.45, 7) is 7.89. The number of anilines is 1. The number of carbonyl (C=O) groups is 1. The van der Waals surface area contributed by atoms with Crippen LogP contribution in [0.3, 0.4) is 0 Å². The predicted molar refractivity (Wildman–Crippen MR) is 124 cm³/mol. The number of alkyl carbamates (subject to hydrolysis) is 1. The second-order valence-electron chi connectivity index (χ2n) is 8.24. The average Bonchev–Trinajstić information content (AvgIpc) is 2.72. The van der Waals surface area contributed by atoms with Crippen molar-refractivity contribution in [2.75, 3.05) is 11.9 Å². The topological polar surface area (TPSA) is 76.1 Å². The first-order chi connectivity index (χ1) is 14.7. The van der Waals surface area contributed by atoms with Crippen molar-refractivity contribution in [1.29, 1.82) is 0 Å². The minimum absolute atomic E-state index is 0.303. The van der Waals surface area contributed by atoms with Crippen molar-refractivity contribution in [2.24, 2.45) is 0 Å². The number of amides is 1. The summed E-state index contributed by atoms with van der Waals surface area (Å²) in [5, 5.41) is 6.92. The van der Waals surface area contributed by atoms with Crippen LogP contribution in [0, 0.1) is 6.92 Å². The summed E-state index contributed by atoms with van der Waals surface area (Å²) in [6, 6.07) is 17.1. The van der Waals surface area contributed by atoms with Crippen LogP contribution in [0.2, 0.25) is 5.02 Å². The van der Waals surface area contributed by atoms with Crippen LogP contribution in [-0.2, 0) is 4.74 Å². The van der Waals surface area contributed by atoms with Crippen molar-refractivity contribution in [1.82, 2.24) is 15.3 Å². The molecule has 1 heterocycles. The molecule has 0 bridgehead atoms. The molecule has 162 valence electrons. The van der Waals surface area contributed by atoms with E-state index in [2.05, 4.69) is 20.6 Å². The quantitative estimate of drug-likeness (QED) is 0.509. The van der Waals surface area contributed by atoms with E-state index >= 15 is 0 Å². The largest absolute Gasteiger partial charge is 0.444 e. The highest BCUT2D eigenvalue weighted by atomic mass is 35.5. The highest BCUT2D eigenvalue weighted by Gasteiger charge is 2.20. The highest BCUT2D eigenvalue weighted by Crippen LogP contribution is 2.25. The number of hydrogen-bond donors (Lipinski definition) is 2. The summed E-state index contributed by atoms with van der Waals surface area (Å²) in [4.78, 5) is 21.0. The van der Waals surface area contributed by atoms with E-state index in [1.165, 1.54) is 6.33 Å². The normalized spacial score (nSPS) is 12.2. The molecule has 0 fully saturated rings. The number of benzene rings is 2. The fraction of sp³-hybridized carbons (Fsp3) is 0.292. The van der Waals surface area contributed by atoms with Crippen molar-refractivity contribution >= 4 is 23.5 Å². The molecule has 0 aliphatic rings. The lowest BCUT2D eigenvalue weighted by atomic mass is 10.1. The molecule has 0 aliphatic carbocycles. The van der Waals surface area contributed by atoms with Crippen molar-refractivity contribution in [3.05, 3.63) is 77.1 Å². The van der Waals surface area contributed by atoms with E-state index in [1.54, 1.807) is 0 Å². The number of carbonyl (C=O) groups excluding carboxylic acids is 1. The van der Waals surface area contributed by atoms with Gasteiger partial charge in [-0.25, -0.2) is 14.8 Å². The van der Waals surface area contributed by atoms with E-state index in [4.69, 9.17) is 16.3 Å². The number of rotatable bonds is 6. The number of aromatic nitrogens is 2. The molecule has 6 nitrogen and oxygen atoms in total. The van der Waals surface area contributed by atoms with Crippen LogP contribution < -0.4 is 10.6 Å². The third-order valence-corrected chi connectivity index (χ3v) is 4.92. The van der Waals surface area contributed by atoms with E-state index < -0.39 is 11.7 Å². The van der Waals surface area contributed by atoms with Crippen molar-refractivity contribution in [3.63, 3.8) is 0 Å². The SMILES string of the molecule is Cc1ccc(-c2cc(NC[C@H](NC(=O)OC(C)(C)C)c3ccccc3)ncn2)cc1Cl. The van der Waals surface area contributed by atoms with Gasteiger partial charge in [-0.15, -0.1) is 0 Å². The van der Waals surface area contributed by atoms with Crippen LogP contribution >= 0.6 is 11.6 Å². The van der Waals surface area contributed by atoms with Crippen LogP contribution in [0.4, 0.5) is 10.6 Å². The van der Waals surface area contributed by atoms with Gasteiger partial charge in [-0.1, -0.05) is 54.1 Å². The Morgan fingerprint density at radius 1 is 1.10 bits per heavy atom. The third kappa shape index (κ3) is 6.69. The molecule has 0 saturated carbocycles. The van der Waals surface area contributed by atoms with Crippen molar-refractivity contribution < 1.29 is 9.53 Å². The molecule has 1 aromatic heterocycles.